The van der Waals surface area contributed by atoms with E-state index < -0.39 is 0 Å². The van der Waals surface area contributed by atoms with Gasteiger partial charge in [0.15, 0.2) is 0 Å². The normalized spacial score (nSPS) is 19.7. The topological polar surface area (TPSA) is 59.8 Å². The molecule has 2 aliphatic rings. The number of carbonyl (C=O) groups is 1. The third-order valence-corrected chi connectivity index (χ3v) is 5.92. The fraction of sp³-hybridized carbons (Fsp3) is 0.565. The average molecular weight is 413 g/mol. The third-order valence-electron chi connectivity index (χ3n) is 5.92. The fourth-order valence-corrected chi connectivity index (χ4v) is 4.31. The highest BCUT2D eigenvalue weighted by Crippen LogP contribution is 2.31. The molecule has 3 heterocycles. The first-order chi connectivity index (χ1) is 14.7. The lowest BCUT2D eigenvalue weighted by molar-refractivity contribution is -0.136. The van der Waals surface area contributed by atoms with Gasteiger partial charge in [-0.3, -0.25) is 14.4 Å². The monoisotopic (exact) mass is 412 g/mol. The van der Waals surface area contributed by atoms with Gasteiger partial charge in [-0.05, 0) is 50.5 Å². The second-order valence-corrected chi connectivity index (χ2v) is 8.07. The van der Waals surface area contributed by atoms with Gasteiger partial charge in [0, 0.05) is 51.0 Å². The van der Waals surface area contributed by atoms with Crippen molar-refractivity contribution in [1.82, 2.24) is 19.6 Å². The number of amides is 1. The molecule has 1 aromatic carbocycles. The molecular formula is C23H32N4O3. The van der Waals surface area contributed by atoms with Gasteiger partial charge < -0.3 is 14.4 Å². The number of aryl methyl sites for hydroxylation is 1. The Kier molecular flexibility index (Phi) is 6.57. The van der Waals surface area contributed by atoms with Gasteiger partial charge in [0.2, 0.25) is 5.91 Å². The quantitative estimate of drug-likeness (QED) is 0.730. The number of fused-ring (bicyclic) bond motifs is 1. The Bertz CT molecular complexity index is 866. The minimum atomic E-state index is -0.122. The minimum absolute atomic E-state index is 0.122. The summed E-state index contributed by atoms with van der Waals surface area (Å²) in [6.45, 7) is 10.4. The number of benzene rings is 1. The highest BCUT2D eigenvalue weighted by atomic mass is 16.5. The van der Waals surface area contributed by atoms with Crippen LogP contribution in [0.25, 0.3) is 0 Å². The summed E-state index contributed by atoms with van der Waals surface area (Å²) in [5.41, 5.74) is 2.30. The van der Waals surface area contributed by atoms with Gasteiger partial charge in [-0.1, -0.05) is 0 Å². The van der Waals surface area contributed by atoms with Crippen molar-refractivity contribution in [3.05, 3.63) is 41.7 Å². The van der Waals surface area contributed by atoms with Crippen LogP contribution in [-0.2, 0) is 24.3 Å². The van der Waals surface area contributed by atoms with E-state index in [0.29, 0.717) is 19.6 Å². The summed E-state index contributed by atoms with van der Waals surface area (Å²) in [6, 6.07) is 5.89. The average Bonchev–Trinajstić information content (AvgIpc) is 3.09. The fourth-order valence-electron chi connectivity index (χ4n) is 4.31. The molecule has 1 amide bonds. The zero-order chi connectivity index (χ0) is 20.9. The van der Waals surface area contributed by atoms with Crippen molar-refractivity contribution in [1.29, 1.82) is 0 Å². The van der Waals surface area contributed by atoms with Crippen molar-refractivity contribution in [2.75, 3.05) is 39.4 Å². The number of ether oxygens (including phenoxy) is 2. The van der Waals surface area contributed by atoms with Crippen LogP contribution in [0, 0.1) is 5.92 Å². The summed E-state index contributed by atoms with van der Waals surface area (Å²) in [5, 5.41) is 4.37. The maximum absolute atomic E-state index is 13.2. The molecule has 30 heavy (non-hydrogen) atoms. The third kappa shape index (κ3) is 4.78. The Balaban J connectivity index is 1.34. The maximum atomic E-state index is 13.2. The highest BCUT2D eigenvalue weighted by Gasteiger charge is 2.31. The van der Waals surface area contributed by atoms with E-state index in [1.54, 1.807) is 0 Å². The summed E-state index contributed by atoms with van der Waals surface area (Å²) in [7, 11) is 0. The first-order valence-electron chi connectivity index (χ1n) is 11.1. The summed E-state index contributed by atoms with van der Waals surface area (Å²) < 4.78 is 13.5. The van der Waals surface area contributed by atoms with Crippen LogP contribution in [-0.4, -0.2) is 64.9 Å². The number of rotatable bonds is 6. The summed E-state index contributed by atoms with van der Waals surface area (Å²) in [6.07, 6.45) is 5.77. The van der Waals surface area contributed by atoms with Gasteiger partial charge in [0.1, 0.15) is 18.1 Å². The van der Waals surface area contributed by atoms with E-state index in [9.17, 15) is 4.79 Å². The summed E-state index contributed by atoms with van der Waals surface area (Å²) in [5.74, 6) is 1.80. The number of hydrogen-bond donors (Lipinski definition) is 0. The number of aromatic nitrogens is 2. The molecule has 7 heteroatoms. The number of carbonyl (C=O) groups excluding carboxylic acids is 1. The minimum Gasteiger partial charge on any atom is -0.494 e. The van der Waals surface area contributed by atoms with E-state index in [1.807, 2.05) is 40.9 Å². The summed E-state index contributed by atoms with van der Waals surface area (Å²) in [4.78, 5) is 17.7. The van der Waals surface area contributed by atoms with E-state index in [1.165, 1.54) is 5.56 Å². The highest BCUT2D eigenvalue weighted by molar-refractivity contribution is 5.80. The van der Waals surface area contributed by atoms with E-state index in [2.05, 4.69) is 23.1 Å². The van der Waals surface area contributed by atoms with Crippen molar-refractivity contribution in [2.45, 2.75) is 39.8 Å². The molecule has 1 saturated heterocycles. The Labute approximate surface area is 178 Å². The molecule has 1 aromatic heterocycles. The second kappa shape index (κ2) is 9.51. The molecule has 1 unspecified atom stereocenters. The standard InChI is InChI=1S/C23H32N4O3/c1-3-27-16-18(14-24-27)15-25-8-5-9-26(11-10-25)23(28)20-12-19-13-21(29-4-2)6-7-22(19)30-17-20/h6-7,13-14,16,20H,3-5,8-12,15,17H2,1-2H3. The van der Waals surface area contributed by atoms with E-state index in [4.69, 9.17) is 9.47 Å². The molecule has 0 N–H and O–H groups in total. The maximum Gasteiger partial charge on any atom is 0.229 e. The van der Waals surface area contributed by atoms with E-state index in [0.717, 1.165) is 62.8 Å². The molecule has 1 fully saturated rings. The van der Waals surface area contributed by atoms with Crippen molar-refractivity contribution in [3.63, 3.8) is 0 Å². The molecule has 0 radical (unpaired) electrons. The lowest BCUT2D eigenvalue weighted by Crippen LogP contribution is -2.42. The Hall–Kier alpha value is -2.54. The number of nitrogens with zero attached hydrogens (tertiary/aromatic N) is 4. The van der Waals surface area contributed by atoms with Crippen molar-refractivity contribution in [2.24, 2.45) is 5.92 Å². The van der Waals surface area contributed by atoms with Crippen LogP contribution in [0.5, 0.6) is 11.5 Å². The van der Waals surface area contributed by atoms with Gasteiger partial charge >= 0.3 is 0 Å². The van der Waals surface area contributed by atoms with Crippen LogP contribution >= 0.6 is 0 Å². The second-order valence-electron chi connectivity index (χ2n) is 8.07. The van der Waals surface area contributed by atoms with Gasteiger partial charge in [-0.25, -0.2) is 0 Å². The predicted molar refractivity (Wildman–Crippen MR) is 115 cm³/mol. The molecular weight excluding hydrogens is 380 g/mol. The van der Waals surface area contributed by atoms with Crippen molar-refractivity contribution >= 4 is 5.91 Å². The van der Waals surface area contributed by atoms with E-state index in [-0.39, 0.29) is 11.8 Å². The van der Waals surface area contributed by atoms with Crippen LogP contribution in [0.15, 0.2) is 30.6 Å². The van der Waals surface area contributed by atoms with Gasteiger partial charge in [0.25, 0.3) is 0 Å². The van der Waals surface area contributed by atoms with Gasteiger partial charge in [-0.2, -0.15) is 5.10 Å². The van der Waals surface area contributed by atoms with Crippen LogP contribution in [0.4, 0.5) is 0 Å². The van der Waals surface area contributed by atoms with Gasteiger partial charge in [-0.15, -0.1) is 0 Å². The molecule has 0 saturated carbocycles. The van der Waals surface area contributed by atoms with Crippen LogP contribution in [0.1, 0.15) is 31.4 Å². The molecule has 0 spiro atoms. The Morgan fingerprint density at radius 1 is 1.23 bits per heavy atom. The summed E-state index contributed by atoms with van der Waals surface area (Å²) >= 11 is 0. The number of hydrogen-bond acceptors (Lipinski definition) is 5. The van der Waals surface area contributed by atoms with Gasteiger partial charge in [0.05, 0.1) is 18.7 Å². The van der Waals surface area contributed by atoms with E-state index >= 15 is 0 Å². The zero-order valence-electron chi connectivity index (χ0n) is 18.0. The first-order valence-corrected chi connectivity index (χ1v) is 11.1. The van der Waals surface area contributed by atoms with Crippen LogP contribution in [0.3, 0.4) is 0 Å². The van der Waals surface area contributed by atoms with Crippen LogP contribution in [0.2, 0.25) is 0 Å². The molecule has 1 atom stereocenters. The molecule has 4 rings (SSSR count). The molecule has 7 nitrogen and oxygen atoms in total. The first kappa shape index (κ1) is 20.7. The van der Waals surface area contributed by atoms with Crippen LogP contribution < -0.4 is 9.47 Å². The largest absolute Gasteiger partial charge is 0.494 e. The molecule has 2 aliphatic heterocycles. The Morgan fingerprint density at radius 3 is 2.93 bits per heavy atom. The molecule has 0 aliphatic carbocycles. The lowest BCUT2D eigenvalue weighted by Gasteiger charge is -2.30. The molecule has 0 bridgehead atoms. The SMILES string of the molecule is CCOc1ccc2c(c1)CC(C(=O)N1CCCN(Cc3cnn(CC)c3)CC1)CO2. The molecule has 162 valence electrons. The molecule has 2 aromatic rings. The Morgan fingerprint density at radius 2 is 2.13 bits per heavy atom. The van der Waals surface area contributed by atoms with Crippen molar-refractivity contribution in [3.8, 4) is 11.5 Å². The lowest BCUT2D eigenvalue weighted by atomic mass is 9.95. The predicted octanol–water partition coefficient (Wildman–Crippen LogP) is 2.59. The zero-order valence-corrected chi connectivity index (χ0v) is 18.0. The smallest absolute Gasteiger partial charge is 0.229 e. The van der Waals surface area contributed by atoms with Crippen molar-refractivity contribution < 1.29 is 14.3 Å².